The molecule has 1 aromatic carbocycles. The lowest BCUT2D eigenvalue weighted by Crippen LogP contribution is -2.51. The van der Waals surface area contributed by atoms with Crippen LogP contribution in [0.1, 0.15) is 11.4 Å². The average molecular weight is 437 g/mol. The quantitative estimate of drug-likeness (QED) is 0.539. The van der Waals surface area contributed by atoms with Gasteiger partial charge in [0.05, 0.1) is 28.6 Å². The Morgan fingerprint density at radius 3 is 2.35 bits per heavy atom. The maximum atomic E-state index is 12.9. The van der Waals surface area contributed by atoms with Crippen molar-refractivity contribution in [3.63, 3.8) is 0 Å². The number of thiazole rings is 1. The van der Waals surface area contributed by atoms with Crippen molar-refractivity contribution in [3.8, 4) is 0 Å². The van der Waals surface area contributed by atoms with Crippen LogP contribution in [0.15, 0.2) is 36.4 Å². The third kappa shape index (κ3) is 3.11. The van der Waals surface area contributed by atoms with Crippen molar-refractivity contribution < 1.29 is 14.4 Å². The molecule has 1 aromatic heterocycles. The summed E-state index contributed by atoms with van der Waals surface area (Å²) in [6.45, 7) is 3.43. The monoisotopic (exact) mass is 436 g/mol. The van der Waals surface area contributed by atoms with Crippen LogP contribution in [0.3, 0.4) is 0 Å². The van der Waals surface area contributed by atoms with Crippen molar-refractivity contribution in [1.29, 1.82) is 0 Å². The number of nitrogens with zero attached hydrogens (tertiary/aromatic N) is 4. The fourth-order valence-corrected chi connectivity index (χ4v) is 6.70. The Hall–Kier alpha value is -2.58. The summed E-state index contributed by atoms with van der Waals surface area (Å²) in [5, 5.41) is 1.09. The van der Waals surface area contributed by atoms with Crippen LogP contribution in [0.2, 0.25) is 0 Å². The van der Waals surface area contributed by atoms with Gasteiger partial charge in [0.1, 0.15) is 11.6 Å². The number of carbonyl (C=O) groups excluding carboxylic acids is 3. The molecule has 2 aliphatic heterocycles. The Kier molecular flexibility index (Phi) is 4.47. The number of benzene rings is 1. The van der Waals surface area contributed by atoms with E-state index < -0.39 is 0 Å². The van der Waals surface area contributed by atoms with Crippen molar-refractivity contribution in [1.82, 2.24) is 19.7 Å². The van der Waals surface area contributed by atoms with E-state index in [2.05, 4.69) is 23.1 Å². The number of hydrogen-bond acceptors (Lipinski definition) is 6. The lowest BCUT2D eigenvalue weighted by atomic mass is 9.85. The molecule has 4 aliphatic rings. The molecule has 1 saturated carbocycles. The highest BCUT2D eigenvalue weighted by Gasteiger charge is 2.59. The third-order valence-corrected chi connectivity index (χ3v) is 8.30. The van der Waals surface area contributed by atoms with E-state index in [4.69, 9.17) is 4.98 Å². The molecule has 2 aromatic rings. The molecule has 0 radical (unpaired) electrons. The van der Waals surface area contributed by atoms with Gasteiger partial charge in [0.25, 0.3) is 0 Å². The van der Waals surface area contributed by atoms with E-state index in [-0.39, 0.29) is 47.9 Å². The van der Waals surface area contributed by atoms with E-state index in [0.29, 0.717) is 13.1 Å². The SMILES string of the molecule is O=C(CN1C(=O)C2C3C=CC(C3)C2C1=O)N1CCN(Cc2nc3ccccc3s2)CC1. The van der Waals surface area contributed by atoms with Crippen LogP contribution in [-0.4, -0.2) is 70.1 Å². The van der Waals surface area contributed by atoms with E-state index in [1.165, 1.54) is 9.60 Å². The molecule has 3 fully saturated rings. The van der Waals surface area contributed by atoms with Gasteiger partial charge in [-0.15, -0.1) is 11.3 Å². The zero-order valence-corrected chi connectivity index (χ0v) is 18.0. The topological polar surface area (TPSA) is 73.8 Å². The molecule has 7 nitrogen and oxygen atoms in total. The summed E-state index contributed by atoms with van der Waals surface area (Å²) in [5.41, 5.74) is 1.03. The molecule has 2 saturated heterocycles. The number of aromatic nitrogens is 1. The Balaban J connectivity index is 1.05. The first-order chi connectivity index (χ1) is 15.1. The fraction of sp³-hybridized carbons (Fsp3) is 0.478. The molecule has 4 unspecified atom stereocenters. The summed E-state index contributed by atoms with van der Waals surface area (Å²) >= 11 is 1.71. The number of piperazine rings is 1. The number of amides is 3. The molecule has 2 aliphatic carbocycles. The second-order valence-electron chi connectivity index (χ2n) is 8.99. The van der Waals surface area contributed by atoms with Crippen LogP contribution in [0, 0.1) is 23.7 Å². The van der Waals surface area contributed by atoms with E-state index in [0.717, 1.165) is 36.6 Å². The van der Waals surface area contributed by atoms with Gasteiger partial charge in [-0.1, -0.05) is 24.3 Å². The first-order valence-corrected chi connectivity index (χ1v) is 11.8. The van der Waals surface area contributed by atoms with Gasteiger partial charge in [0.15, 0.2) is 0 Å². The second-order valence-corrected chi connectivity index (χ2v) is 10.1. The normalized spacial score (nSPS) is 30.1. The molecule has 31 heavy (non-hydrogen) atoms. The number of fused-ring (bicyclic) bond motifs is 6. The summed E-state index contributed by atoms with van der Waals surface area (Å²) < 4.78 is 1.19. The van der Waals surface area contributed by atoms with Gasteiger partial charge in [-0.2, -0.15) is 0 Å². The molecular weight excluding hydrogens is 412 g/mol. The lowest BCUT2D eigenvalue weighted by molar-refractivity contribution is -0.147. The number of carbonyl (C=O) groups is 3. The highest BCUT2D eigenvalue weighted by Crippen LogP contribution is 2.52. The minimum atomic E-state index is -0.235. The Bertz CT molecular complexity index is 1040. The average Bonchev–Trinajstić information content (AvgIpc) is 3.54. The molecule has 0 spiro atoms. The standard InChI is InChI=1S/C23H24N4O3S/c28-19(13-27-22(29)20-14-5-6-15(11-14)21(20)23(27)30)26-9-7-25(8-10-26)12-18-24-16-3-1-2-4-17(16)31-18/h1-6,14-15,20-21H,7-13H2. The zero-order valence-electron chi connectivity index (χ0n) is 17.1. The maximum Gasteiger partial charge on any atom is 0.242 e. The third-order valence-electron chi connectivity index (χ3n) is 7.28. The smallest absolute Gasteiger partial charge is 0.242 e. The van der Waals surface area contributed by atoms with Crippen LogP contribution < -0.4 is 0 Å². The number of para-hydroxylation sites is 1. The largest absolute Gasteiger partial charge is 0.339 e. The highest BCUT2D eigenvalue weighted by molar-refractivity contribution is 7.18. The van der Waals surface area contributed by atoms with Crippen LogP contribution in [0.4, 0.5) is 0 Å². The molecule has 3 amide bonds. The number of imide groups is 1. The first-order valence-electron chi connectivity index (χ1n) is 11.0. The van der Waals surface area contributed by atoms with Gasteiger partial charge in [-0.25, -0.2) is 4.98 Å². The fourth-order valence-electron chi connectivity index (χ4n) is 5.69. The van der Waals surface area contributed by atoms with E-state index in [1.807, 2.05) is 18.2 Å². The summed E-state index contributed by atoms with van der Waals surface area (Å²) in [6, 6.07) is 8.14. The van der Waals surface area contributed by atoms with Gasteiger partial charge in [0.2, 0.25) is 17.7 Å². The van der Waals surface area contributed by atoms with Crippen LogP contribution >= 0.6 is 11.3 Å². The predicted molar refractivity (Wildman–Crippen MR) is 116 cm³/mol. The van der Waals surface area contributed by atoms with Gasteiger partial charge < -0.3 is 4.90 Å². The molecule has 8 heteroatoms. The second kappa shape index (κ2) is 7.24. The Morgan fingerprint density at radius 2 is 1.68 bits per heavy atom. The van der Waals surface area contributed by atoms with Gasteiger partial charge in [0, 0.05) is 26.2 Å². The van der Waals surface area contributed by atoms with Crippen LogP contribution in [0.5, 0.6) is 0 Å². The number of hydrogen-bond donors (Lipinski definition) is 0. The van der Waals surface area contributed by atoms with E-state index in [9.17, 15) is 14.4 Å². The summed E-state index contributed by atoms with van der Waals surface area (Å²) in [6.07, 6.45) is 5.06. The van der Waals surface area contributed by atoms with Gasteiger partial charge in [-0.3, -0.25) is 24.2 Å². The summed E-state index contributed by atoms with van der Waals surface area (Å²) in [5.74, 6) is -0.525. The summed E-state index contributed by atoms with van der Waals surface area (Å²) in [7, 11) is 0. The Labute approximate surface area is 184 Å². The molecule has 160 valence electrons. The molecule has 6 rings (SSSR count). The number of allylic oxidation sites excluding steroid dienone is 2. The Morgan fingerprint density at radius 1 is 1.00 bits per heavy atom. The van der Waals surface area contributed by atoms with Crippen LogP contribution in [-0.2, 0) is 20.9 Å². The summed E-state index contributed by atoms with van der Waals surface area (Å²) in [4.78, 5) is 48.5. The van der Waals surface area contributed by atoms with Crippen molar-refractivity contribution in [2.45, 2.75) is 13.0 Å². The van der Waals surface area contributed by atoms with Crippen molar-refractivity contribution in [3.05, 3.63) is 41.4 Å². The van der Waals surface area contributed by atoms with Crippen molar-refractivity contribution >= 4 is 39.3 Å². The predicted octanol–water partition coefficient (Wildman–Crippen LogP) is 1.75. The van der Waals surface area contributed by atoms with Gasteiger partial charge >= 0.3 is 0 Å². The molecule has 4 atom stereocenters. The number of rotatable bonds is 4. The highest BCUT2D eigenvalue weighted by atomic mass is 32.1. The molecule has 2 bridgehead atoms. The van der Waals surface area contributed by atoms with Gasteiger partial charge in [-0.05, 0) is 30.4 Å². The molecule has 0 N–H and O–H groups in total. The molecule has 3 heterocycles. The van der Waals surface area contributed by atoms with E-state index in [1.54, 1.807) is 16.2 Å². The van der Waals surface area contributed by atoms with Crippen LogP contribution in [0.25, 0.3) is 10.2 Å². The minimum Gasteiger partial charge on any atom is -0.339 e. The van der Waals surface area contributed by atoms with Crippen molar-refractivity contribution in [2.75, 3.05) is 32.7 Å². The minimum absolute atomic E-state index is 0.109. The maximum absolute atomic E-state index is 12.9. The zero-order chi connectivity index (χ0) is 21.1. The number of likely N-dealkylation sites (tertiary alicyclic amines) is 1. The molecular formula is C23H24N4O3S. The first kappa shape index (κ1) is 19.1. The lowest BCUT2D eigenvalue weighted by Gasteiger charge is -2.35. The van der Waals surface area contributed by atoms with E-state index >= 15 is 0 Å². The van der Waals surface area contributed by atoms with Crippen molar-refractivity contribution in [2.24, 2.45) is 23.7 Å².